The first-order valence-corrected chi connectivity index (χ1v) is 9.15. The van der Waals surface area contributed by atoms with Crippen molar-refractivity contribution in [2.45, 2.75) is 39.8 Å². The Hall–Kier alpha value is -2.12. The molecule has 0 unspecified atom stereocenters. The second-order valence-electron chi connectivity index (χ2n) is 6.03. The smallest absolute Gasteiger partial charge is 0.325 e. The number of hydrogen-bond donors (Lipinski definition) is 2. The minimum absolute atomic E-state index is 0.0664. The molecule has 6 nitrogen and oxygen atoms in total. The Morgan fingerprint density at radius 3 is 2.44 bits per heavy atom. The van der Waals surface area contributed by atoms with Crippen molar-refractivity contribution in [2.75, 3.05) is 10.6 Å². The van der Waals surface area contributed by atoms with Crippen LogP contribution in [0.15, 0.2) is 29.6 Å². The highest BCUT2D eigenvalue weighted by molar-refractivity contribution is 7.14. The third kappa shape index (κ3) is 5.17. The van der Waals surface area contributed by atoms with Crippen LogP contribution in [-0.4, -0.2) is 33.9 Å². The van der Waals surface area contributed by atoms with Crippen molar-refractivity contribution in [3.05, 3.63) is 40.4 Å². The van der Waals surface area contributed by atoms with Crippen LogP contribution in [0.5, 0.6) is 0 Å². The van der Waals surface area contributed by atoms with Gasteiger partial charge in [0.15, 0.2) is 5.13 Å². The zero-order valence-corrected chi connectivity index (χ0v) is 16.1. The lowest BCUT2D eigenvalue weighted by atomic mass is 10.2. The number of urea groups is 1. The fraction of sp³-hybridized carbons (Fsp3) is 0.353. The Kier molecular flexibility index (Phi) is 6.39. The number of carbonyl (C=O) groups excluding carboxylic acids is 2. The van der Waals surface area contributed by atoms with E-state index in [1.807, 2.05) is 27.7 Å². The van der Waals surface area contributed by atoms with Gasteiger partial charge in [-0.3, -0.25) is 10.1 Å². The Labute approximate surface area is 156 Å². The molecule has 0 aliphatic carbocycles. The van der Waals surface area contributed by atoms with E-state index < -0.39 is 6.03 Å². The number of nitrogens with one attached hydrogen (secondary N) is 2. The van der Waals surface area contributed by atoms with Crippen molar-refractivity contribution < 1.29 is 9.59 Å². The van der Waals surface area contributed by atoms with E-state index in [1.165, 1.54) is 11.3 Å². The number of benzene rings is 1. The van der Waals surface area contributed by atoms with E-state index in [2.05, 4.69) is 15.6 Å². The van der Waals surface area contributed by atoms with E-state index in [0.717, 1.165) is 0 Å². The van der Waals surface area contributed by atoms with E-state index >= 15 is 0 Å². The zero-order valence-electron chi connectivity index (χ0n) is 14.5. The summed E-state index contributed by atoms with van der Waals surface area (Å²) in [6.07, 6.45) is 0. The first kappa shape index (κ1) is 19.2. The van der Waals surface area contributed by atoms with E-state index in [1.54, 1.807) is 34.5 Å². The quantitative estimate of drug-likeness (QED) is 0.789. The van der Waals surface area contributed by atoms with E-state index in [0.29, 0.717) is 21.5 Å². The summed E-state index contributed by atoms with van der Waals surface area (Å²) in [5.41, 5.74) is 0.897. The normalized spacial score (nSPS) is 10.8. The number of amides is 3. The minimum Gasteiger partial charge on any atom is -0.332 e. The minimum atomic E-state index is -0.444. The number of thiazole rings is 1. The molecule has 8 heteroatoms. The third-order valence-corrected chi connectivity index (χ3v) is 4.37. The predicted octanol–water partition coefficient (Wildman–Crippen LogP) is 4.70. The molecule has 1 heterocycles. The number of anilines is 2. The number of halogens is 1. The average Bonchev–Trinajstić information content (AvgIpc) is 2.94. The van der Waals surface area contributed by atoms with Crippen LogP contribution in [0.1, 0.15) is 38.2 Å². The molecular formula is C17H21ClN4O2S. The summed E-state index contributed by atoms with van der Waals surface area (Å²) in [7, 11) is 0. The summed E-state index contributed by atoms with van der Waals surface area (Å²) in [4.78, 5) is 30.6. The van der Waals surface area contributed by atoms with Gasteiger partial charge in [-0.15, -0.1) is 11.3 Å². The summed E-state index contributed by atoms with van der Waals surface area (Å²) in [5, 5.41) is 7.83. The van der Waals surface area contributed by atoms with Crippen LogP contribution in [0.2, 0.25) is 5.02 Å². The van der Waals surface area contributed by atoms with Gasteiger partial charge in [0.2, 0.25) is 0 Å². The van der Waals surface area contributed by atoms with Crippen molar-refractivity contribution in [1.29, 1.82) is 0 Å². The molecule has 0 atom stereocenters. The SMILES string of the molecule is CC(C)N(C(=O)c1csc(NC(=O)Nc2cccc(Cl)c2)n1)C(C)C. The van der Waals surface area contributed by atoms with Gasteiger partial charge in [0.1, 0.15) is 5.69 Å². The molecule has 0 aliphatic heterocycles. The number of hydrogen-bond acceptors (Lipinski definition) is 4. The van der Waals surface area contributed by atoms with Gasteiger partial charge in [-0.2, -0.15) is 0 Å². The molecule has 0 aliphatic rings. The van der Waals surface area contributed by atoms with Crippen LogP contribution < -0.4 is 10.6 Å². The molecular weight excluding hydrogens is 360 g/mol. The second-order valence-corrected chi connectivity index (χ2v) is 7.32. The predicted molar refractivity (Wildman–Crippen MR) is 103 cm³/mol. The molecule has 0 radical (unpaired) electrons. The molecule has 1 aromatic carbocycles. The molecule has 2 N–H and O–H groups in total. The molecule has 0 bridgehead atoms. The summed E-state index contributed by atoms with van der Waals surface area (Å²) >= 11 is 7.09. The van der Waals surface area contributed by atoms with Gasteiger partial charge in [0, 0.05) is 28.2 Å². The summed E-state index contributed by atoms with van der Waals surface area (Å²) in [6, 6.07) is 6.52. The van der Waals surface area contributed by atoms with Crippen LogP contribution in [0.3, 0.4) is 0 Å². The van der Waals surface area contributed by atoms with Crippen molar-refractivity contribution in [3.8, 4) is 0 Å². The highest BCUT2D eigenvalue weighted by Crippen LogP contribution is 2.20. The van der Waals surface area contributed by atoms with Gasteiger partial charge in [-0.1, -0.05) is 17.7 Å². The van der Waals surface area contributed by atoms with Gasteiger partial charge in [-0.25, -0.2) is 9.78 Å². The van der Waals surface area contributed by atoms with Crippen LogP contribution in [0.25, 0.3) is 0 Å². The summed E-state index contributed by atoms with van der Waals surface area (Å²) in [5.74, 6) is -0.149. The molecule has 2 aromatic rings. The van der Waals surface area contributed by atoms with Crippen molar-refractivity contribution in [2.24, 2.45) is 0 Å². The maximum absolute atomic E-state index is 12.6. The maximum Gasteiger partial charge on any atom is 0.325 e. The summed E-state index contributed by atoms with van der Waals surface area (Å²) < 4.78 is 0. The molecule has 0 saturated carbocycles. The second kappa shape index (κ2) is 8.31. The Morgan fingerprint density at radius 1 is 1.16 bits per heavy atom. The van der Waals surface area contributed by atoms with E-state index in [4.69, 9.17) is 11.6 Å². The third-order valence-electron chi connectivity index (χ3n) is 3.37. The van der Waals surface area contributed by atoms with E-state index in [-0.39, 0.29) is 18.0 Å². The Morgan fingerprint density at radius 2 is 1.84 bits per heavy atom. The first-order valence-electron chi connectivity index (χ1n) is 7.89. The molecule has 1 aromatic heterocycles. The number of carbonyl (C=O) groups is 2. The molecule has 134 valence electrons. The summed E-state index contributed by atoms with van der Waals surface area (Å²) in [6.45, 7) is 7.84. The van der Waals surface area contributed by atoms with Crippen LogP contribution in [0.4, 0.5) is 15.6 Å². The van der Waals surface area contributed by atoms with Crippen molar-refractivity contribution in [3.63, 3.8) is 0 Å². The Bertz CT molecular complexity index is 753. The number of aromatic nitrogens is 1. The highest BCUT2D eigenvalue weighted by Gasteiger charge is 2.24. The van der Waals surface area contributed by atoms with E-state index in [9.17, 15) is 9.59 Å². The zero-order chi connectivity index (χ0) is 18.6. The molecule has 0 fully saturated rings. The monoisotopic (exact) mass is 380 g/mol. The average molecular weight is 381 g/mol. The first-order chi connectivity index (χ1) is 11.8. The van der Waals surface area contributed by atoms with Gasteiger partial charge >= 0.3 is 6.03 Å². The fourth-order valence-electron chi connectivity index (χ4n) is 2.45. The highest BCUT2D eigenvalue weighted by atomic mass is 35.5. The van der Waals surface area contributed by atoms with Gasteiger partial charge in [0.25, 0.3) is 5.91 Å². The number of rotatable bonds is 5. The lowest BCUT2D eigenvalue weighted by molar-refractivity contribution is 0.0638. The van der Waals surface area contributed by atoms with Crippen LogP contribution in [0, 0.1) is 0 Å². The molecule has 0 saturated heterocycles. The van der Waals surface area contributed by atoms with Crippen molar-refractivity contribution >= 4 is 45.7 Å². The van der Waals surface area contributed by atoms with Gasteiger partial charge in [-0.05, 0) is 45.9 Å². The number of nitrogens with zero attached hydrogens (tertiary/aromatic N) is 2. The van der Waals surface area contributed by atoms with Crippen LogP contribution in [-0.2, 0) is 0 Å². The van der Waals surface area contributed by atoms with Crippen molar-refractivity contribution in [1.82, 2.24) is 9.88 Å². The van der Waals surface area contributed by atoms with Gasteiger partial charge in [0.05, 0.1) is 0 Å². The lowest BCUT2D eigenvalue weighted by Gasteiger charge is -2.30. The standard InChI is InChI=1S/C17H21ClN4O2S/c1-10(2)22(11(3)4)15(23)14-9-25-17(20-14)21-16(24)19-13-7-5-6-12(18)8-13/h5-11H,1-4H3,(H2,19,20,21,24). The maximum atomic E-state index is 12.6. The molecule has 2 rings (SSSR count). The largest absolute Gasteiger partial charge is 0.332 e. The Balaban J connectivity index is 2.03. The topological polar surface area (TPSA) is 74.3 Å². The molecule has 3 amide bonds. The van der Waals surface area contributed by atoms with Gasteiger partial charge < -0.3 is 10.2 Å². The lowest BCUT2D eigenvalue weighted by Crippen LogP contribution is -2.42. The van der Waals surface area contributed by atoms with Crippen LogP contribution >= 0.6 is 22.9 Å². The molecule has 25 heavy (non-hydrogen) atoms. The molecule has 0 spiro atoms. The fourth-order valence-corrected chi connectivity index (χ4v) is 3.32.